The van der Waals surface area contributed by atoms with Crippen molar-refractivity contribution < 1.29 is 13.2 Å². The van der Waals surface area contributed by atoms with Crippen LogP contribution in [0.3, 0.4) is 0 Å². The lowest BCUT2D eigenvalue weighted by atomic mass is 10.2. The van der Waals surface area contributed by atoms with Gasteiger partial charge in [-0.1, -0.05) is 42.1 Å². The van der Waals surface area contributed by atoms with Crippen LogP contribution in [0.2, 0.25) is 0 Å². The van der Waals surface area contributed by atoms with Crippen LogP contribution in [-0.4, -0.2) is 26.6 Å². The van der Waals surface area contributed by atoms with Gasteiger partial charge in [-0.2, -0.15) is 0 Å². The zero-order valence-electron chi connectivity index (χ0n) is 16.3. The molecule has 5 nitrogen and oxygen atoms in total. The summed E-state index contributed by atoms with van der Waals surface area (Å²) in [6.45, 7) is 0.484. The molecule has 3 aromatic rings. The third-order valence-electron chi connectivity index (χ3n) is 4.87. The number of benzene rings is 3. The Hall–Kier alpha value is -2.77. The van der Waals surface area contributed by atoms with E-state index in [0.717, 1.165) is 21.9 Å². The first-order valence-corrected chi connectivity index (χ1v) is 12.2. The van der Waals surface area contributed by atoms with E-state index in [-0.39, 0.29) is 11.7 Å². The fourth-order valence-electron chi connectivity index (χ4n) is 3.33. The summed E-state index contributed by atoms with van der Waals surface area (Å²) in [5.41, 5.74) is 1.82. The second-order valence-electron chi connectivity index (χ2n) is 7.01. The maximum atomic E-state index is 12.8. The number of nitrogens with zero attached hydrogens (tertiary/aromatic N) is 1. The minimum absolute atomic E-state index is 0.172. The van der Waals surface area contributed by atoms with Crippen LogP contribution in [0.5, 0.6) is 0 Å². The van der Waals surface area contributed by atoms with Crippen LogP contribution < -0.4 is 9.62 Å². The molecule has 1 aliphatic heterocycles. The molecule has 1 N–H and O–H groups in total. The molecule has 1 aliphatic rings. The molecule has 0 aliphatic carbocycles. The number of hydrogen-bond acceptors (Lipinski definition) is 4. The Balaban J connectivity index is 1.50. The number of para-hydroxylation sites is 1. The van der Waals surface area contributed by atoms with Gasteiger partial charge in [-0.05, 0) is 61.4 Å². The topological polar surface area (TPSA) is 66.5 Å². The molecule has 0 bridgehead atoms. The first-order chi connectivity index (χ1) is 14.5. The van der Waals surface area contributed by atoms with E-state index in [0.29, 0.717) is 24.2 Å². The highest BCUT2D eigenvalue weighted by atomic mass is 32.2. The molecule has 0 radical (unpaired) electrons. The van der Waals surface area contributed by atoms with E-state index in [9.17, 15) is 13.2 Å². The Morgan fingerprint density at radius 1 is 0.867 bits per heavy atom. The summed E-state index contributed by atoms with van der Waals surface area (Å²) in [5, 5.41) is 2.97. The first-order valence-electron chi connectivity index (χ1n) is 9.77. The van der Waals surface area contributed by atoms with Crippen molar-refractivity contribution in [2.24, 2.45) is 0 Å². The number of anilines is 2. The van der Waals surface area contributed by atoms with Crippen molar-refractivity contribution in [1.29, 1.82) is 0 Å². The Labute approximate surface area is 181 Å². The minimum atomic E-state index is -3.26. The molecule has 7 heteroatoms. The Kier molecular flexibility index (Phi) is 6.11. The van der Waals surface area contributed by atoms with Gasteiger partial charge >= 0.3 is 0 Å². The highest BCUT2D eigenvalue weighted by Gasteiger charge is 2.26. The molecular weight excluding hydrogens is 416 g/mol. The number of amides is 1. The maximum absolute atomic E-state index is 12.8. The van der Waals surface area contributed by atoms with Gasteiger partial charge < -0.3 is 5.32 Å². The predicted molar refractivity (Wildman–Crippen MR) is 122 cm³/mol. The van der Waals surface area contributed by atoms with Crippen LogP contribution in [0.1, 0.15) is 23.2 Å². The van der Waals surface area contributed by atoms with Gasteiger partial charge in [-0.3, -0.25) is 9.10 Å². The zero-order valence-corrected chi connectivity index (χ0v) is 18.0. The fraction of sp³-hybridized carbons (Fsp3) is 0.174. The van der Waals surface area contributed by atoms with Crippen LogP contribution in [0, 0.1) is 0 Å². The van der Waals surface area contributed by atoms with E-state index >= 15 is 0 Å². The van der Waals surface area contributed by atoms with Crippen molar-refractivity contribution in [3.63, 3.8) is 0 Å². The van der Waals surface area contributed by atoms with Gasteiger partial charge in [-0.15, -0.1) is 0 Å². The molecule has 0 spiro atoms. The summed E-state index contributed by atoms with van der Waals surface area (Å²) in [5.74, 6) is -0.0605. The van der Waals surface area contributed by atoms with Gasteiger partial charge in [-0.25, -0.2) is 8.42 Å². The number of hydrogen-bond donors (Lipinski definition) is 1. The van der Waals surface area contributed by atoms with Gasteiger partial charge in [0.05, 0.1) is 17.1 Å². The fourth-order valence-corrected chi connectivity index (χ4v) is 5.89. The first kappa shape index (κ1) is 20.5. The lowest BCUT2D eigenvalue weighted by Crippen LogP contribution is -2.37. The summed E-state index contributed by atoms with van der Waals surface area (Å²) in [6, 6.07) is 24.4. The Morgan fingerprint density at radius 3 is 2.30 bits per heavy atom. The maximum Gasteiger partial charge on any atom is 0.255 e. The lowest BCUT2D eigenvalue weighted by Gasteiger charge is -2.28. The Morgan fingerprint density at radius 2 is 1.57 bits per heavy atom. The average Bonchev–Trinajstić information content (AvgIpc) is 2.76. The molecule has 1 heterocycles. The summed E-state index contributed by atoms with van der Waals surface area (Å²) < 4.78 is 26.0. The second kappa shape index (κ2) is 8.93. The number of sulfonamides is 1. The SMILES string of the molecule is O=C(Nc1ccccc1Sc1ccccc1)c1ccc(N2CCCCS2(=O)=O)cc1. The summed E-state index contributed by atoms with van der Waals surface area (Å²) in [6.07, 6.45) is 1.54. The summed E-state index contributed by atoms with van der Waals surface area (Å²) in [7, 11) is -3.26. The molecule has 154 valence electrons. The third kappa shape index (κ3) is 4.68. The van der Waals surface area contributed by atoms with Gasteiger partial charge in [0, 0.05) is 21.9 Å². The molecule has 1 saturated heterocycles. The van der Waals surface area contributed by atoms with Crippen LogP contribution in [-0.2, 0) is 10.0 Å². The van der Waals surface area contributed by atoms with Crippen molar-refractivity contribution in [2.45, 2.75) is 22.6 Å². The van der Waals surface area contributed by atoms with Crippen molar-refractivity contribution in [3.8, 4) is 0 Å². The lowest BCUT2D eigenvalue weighted by molar-refractivity contribution is 0.102. The molecule has 0 aromatic heterocycles. The Bertz CT molecular complexity index is 1130. The molecule has 1 fully saturated rings. The van der Waals surface area contributed by atoms with E-state index < -0.39 is 10.0 Å². The number of carbonyl (C=O) groups excluding carboxylic acids is 1. The highest BCUT2D eigenvalue weighted by Crippen LogP contribution is 2.33. The summed E-state index contributed by atoms with van der Waals surface area (Å²) >= 11 is 1.58. The van der Waals surface area contributed by atoms with Crippen molar-refractivity contribution in [3.05, 3.63) is 84.4 Å². The van der Waals surface area contributed by atoms with Gasteiger partial charge in [0.2, 0.25) is 10.0 Å². The van der Waals surface area contributed by atoms with Crippen LogP contribution in [0.15, 0.2) is 88.7 Å². The summed E-state index contributed by atoms with van der Waals surface area (Å²) in [4.78, 5) is 14.8. The molecule has 30 heavy (non-hydrogen) atoms. The van der Waals surface area contributed by atoms with Gasteiger partial charge in [0.1, 0.15) is 0 Å². The highest BCUT2D eigenvalue weighted by molar-refractivity contribution is 7.99. The largest absolute Gasteiger partial charge is 0.321 e. The van der Waals surface area contributed by atoms with E-state index in [1.165, 1.54) is 4.31 Å². The minimum Gasteiger partial charge on any atom is -0.321 e. The molecular formula is C23H22N2O3S2. The molecule has 1 amide bonds. The molecule has 3 aromatic carbocycles. The normalized spacial score (nSPS) is 15.5. The van der Waals surface area contributed by atoms with Gasteiger partial charge in [0.25, 0.3) is 5.91 Å². The molecule has 0 saturated carbocycles. The third-order valence-corrected chi connectivity index (χ3v) is 7.83. The van der Waals surface area contributed by atoms with Crippen molar-refractivity contribution in [1.82, 2.24) is 0 Å². The predicted octanol–water partition coefficient (Wildman–Crippen LogP) is 5.02. The molecule has 0 atom stereocenters. The van der Waals surface area contributed by atoms with Gasteiger partial charge in [0.15, 0.2) is 0 Å². The van der Waals surface area contributed by atoms with Crippen LogP contribution in [0.25, 0.3) is 0 Å². The number of carbonyl (C=O) groups is 1. The van der Waals surface area contributed by atoms with E-state index in [4.69, 9.17) is 0 Å². The van der Waals surface area contributed by atoms with Crippen LogP contribution in [0.4, 0.5) is 11.4 Å². The molecule has 4 rings (SSSR count). The number of nitrogens with one attached hydrogen (secondary N) is 1. The van der Waals surface area contributed by atoms with E-state index in [1.807, 2.05) is 54.6 Å². The standard InChI is InChI=1S/C23H22N2O3S2/c26-23(18-12-14-19(15-13-18)25-16-6-7-17-30(25,27)28)24-21-10-4-5-11-22(21)29-20-8-2-1-3-9-20/h1-5,8-15H,6-7,16-17H2,(H,24,26). The number of rotatable bonds is 5. The van der Waals surface area contributed by atoms with E-state index in [1.54, 1.807) is 36.0 Å². The van der Waals surface area contributed by atoms with Crippen molar-refractivity contribution >= 4 is 39.1 Å². The van der Waals surface area contributed by atoms with Crippen molar-refractivity contribution in [2.75, 3.05) is 21.9 Å². The monoisotopic (exact) mass is 438 g/mol. The quantitative estimate of drug-likeness (QED) is 0.607. The second-order valence-corrected chi connectivity index (χ2v) is 10.1. The van der Waals surface area contributed by atoms with Crippen LogP contribution >= 0.6 is 11.8 Å². The zero-order chi connectivity index (χ0) is 21.0. The average molecular weight is 439 g/mol. The molecule has 0 unspecified atom stereocenters. The van der Waals surface area contributed by atoms with E-state index in [2.05, 4.69) is 5.32 Å². The smallest absolute Gasteiger partial charge is 0.255 e.